The van der Waals surface area contributed by atoms with Gasteiger partial charge in [0.2, 0.25) is 0 Å². The van der Waals surface area contributed by atoms with Gasteiger partial charge in [-0.15, -0.1) is 0 Å². The third kappa shape index (κ3) is 7.27. The van der Waals surface area contributed by atoms with E-state index in [9.17, 15) is 4.79 Å². The Morgan fingerprint density at radius 1 is 1.18 bits per heavy atom. The van der Waals surface area contributed by atoms with Crippen molar-refractivity contribution in [3.8, 4) is 0 Å². The van der Waals surface area contributed by atoms with E-state index in [1.807, 2.05) is 0 Å². The highest BCUT2D eigenvalue weighted by molar-refractivity contribution is 5.78. The molecule has 0 heterocycles. The fraction of sp³-hybridized carbons (Fsp3) is 0.909. The molecule has 2 N–H and O–H groups in total. The number of nitrogens with one attached hydrogen (secondary N) is 1. The molecule has 6 heteroatoms. The van der Waals surface area contributed by atoms with E-state index < -0.39 is 11.5 Å². The van der Waals surface area contributed by atoms with Gasteiger partial charge in [-0.2, -0.15) is 0 Å². The summed E-state index contributed by atoms with van der Waals surface area (Å²) in [5.74, 6) is -0.883. The minimum Gasteiger partial charge on any atom is -0.480 e. The highest BCUT2D eigenvalue weighted by Crippen LogP contribution is 2.09. The molecule has 0 aliphatic carbocycles. The molecule has 0 amide bonds. The summed E-state index contributed by atoms with van der Waals surface area (Å²) < 4.78 is 15.0. The molecular weight excluding hydrogens is 226 g/mol. The average Bonchev–Trinajstić information content (AvgIpc) is 2.31. The van der Waals surface area contributed by atoms with Gasteiger partial charge in [0, 0.05) is 27.4 Å². The lowest BCUT2D eigenvalue weighted by molar-refractivity contribution is -0.145. The van der Waals surface area contributed by atoms with Crippen molar-refractivity contribution >= 4 is 5.97 Å². The first-order valence-electron chi connectivity index (χ1n) is 5.61. The molecule has 1 atom stereocenters. The van der Waals surface area contributed by atoms with Crippen LogP contribution in [0.15, 0.2) is 0 Å². The van der Waals surface area contributed by atoms with Crippen LogP contribution in [0.5, 0.6) is 0 Å². The summed E-state index contributed by atoms with van der Waals surface area (Å²) in [5.41, 5.74) is -0.972. The Morgan fingerprint density at radius 2 is 1.82 bits per heavy atom. The van der Waals surface area contributed by atoms with Crippen LogP contribution in [-0.4, -0.2) is 63.8 Å². The Hall–Kier alpha value is -0.690. The molecule has 1 unspecified atom stereocenters. The largest absolute Gasteiger partial charge is 0.480 e. The fourth-order valence-electron chi connectivity index (χ4n) is 1.22. The van der Waals surface area contributed by atoms with E-state index in [1.165, 1.54) is 0 Å². The molecule has 0 aromatic rings. The quantitative estimate of drug-likeness (QED) is 0.506. The molecule has 0 aromatic carbocycles. The SMILES string of the molecule is COCCOCCNC(C)(CCOC)C(=O)O. The van der Waals surface area contributed by atoms with Crippen LogP contribution in [-0.2, 0) is 19.0 Å². The van der Waals surface area contributed by atoms with Gasteiger partial charge in [-0.25, -0.2) is 0 Å². The predicted molar refractivity (Wildman–Crippen MR) is 63.2 cm³/mol. The maximum atomic E-state index is 11.1. The van der Waals surface area contributed by atoms with Crippen LogP contribution >= 0.6 is 0 Å². The zero-order valence-electron chi connectivity index (χ0n) is 10.8. The summed E-state index contributed by atoms with van der Waals surface area (Å²) in [7, 11) is 3.16. The molecule has 0 aliphatic heterocycles. The Bertz CT molecular complexity index is 212. The van der Waals surface area contributed by atoms with Crippen molar-refractivity contribution in [3.05, 3.63) is 0 Å². The van der Waals surface area contributed by atoms with Crippen molar-refractivity contribution in [2.75, 3.05) is 47.2 Å². The Morgan fingerprint density at radius 3 is 2.35 bits per heavy atom. The van der Waals surface area contributed by atoms with E-state index in [2.05, 4.69) is 5.32 Å². The summed E-state index contributed by atoms with van der Waals surface area (Å²) in [6.45, 7) is 4.04. The fourth-order valence-corrected chi connectivity index (χ4v) is 1.22. The van der Waals surface area contributed by atoms with Crippen molar-refractivity contribution < 1.29 is 24.1 Å². The normalized spacial score (nSPS) is 14.5. The topological polar surface area (TPSA) is 77.0 Å². The predicted octanol–water partition coefficient (Wildman–Crippen LogP) is 0.119. The van der Waals surface area contributed by atoms with E-state index in [0.29, 0.717) is 39.4 Å². The zero-order chi connectivity index (χ0) is 13.1. The summed E-state index contributed by atoms with van der Waals surface area (Å²) in [6, 6.07) is 0. The Balaban J connectivity index is 3.81. The van der Waals surface area contributed by atoms with Gasteiger partial charge in [0.1, 0.15) is 5.54 Å². The highest BCUT2D eigenvalue weighted by atomic mass is 16.5. The summed E-state index contributed by atoms with van der Waals surface area (Å²) >= 11 is 0. The van der Waals surface area contributed by atoms with E-state index in [1.54, 1.807) is 21.1 Å². The minimum absolute atomic E-state index is 0.403. The standard InChI is InChI=1S/C11H23NO5/c1-11(10(13)14,4-6-15-2)12-5-7-17-9-8-16-3/h12H,4-9H2,1-3H3,(H,13,14). The van der Waals surface area contributed by atoms with Crippen molar-refractivity contribution in [2.45, 2.75) is 18.9 Å². The molecule has 0 rings (SSSR count). The number of carbonyl (C=O) groups is 1. The van der Waals surface area contributed by atoms with Crippen molar-refractivity contribution in [1.82, 2.24) is 5.32 Å². The van der Waals surface area contributed by atoms with Gasteiger partial charge in [0.15, 0.2) is 0 Å². The van der Waals surface area contributed by atoms with Gasteiger partial charge < -0.3 is 19.3 Å². The molecule has 102 valence electrons. The van der Waals surface area contributed by atoms with Crippen LogP contribution in [0, 0.1) is 0 Å². The van der Waals surface area contributed by atoms with Crippen LogP contribution in [0.2, 0.25) is 0 Å². The minimum atomic E-state index is -0.972. The second-order valence-corrected chi connectivity index (χ2v) is 3.91. The van der Waals surface area contributed by atoms with Gasteiger partial charge in [0.05, 0.1) is 19.8 Å². The maximum absolute atomic E-state index is 11.1. The highest BCUT2D eigenvalue weighted by Gasteiger charge is 2.31. The van der Waals surface area contributed by atoms with E-state index in [-0.39, 0.29) is 0 Å². The van der Waals surface area contributed by atoms with Gasteiger partial charge in [-0.05, 0) is 13.3 Å². The third-order valence-electron chi connectivity index (χ3n) is 2.47. The molecule has 0 spiro atoms. The molecule has 0 bridgehead atoms. The van der Waals surface area contributed by atoms with Gasteiger partial charge in [0.25, 0.3) is 0 Å². The first kappa shape index (κ1) is 16.3. The van der Waals surface area contributed by atoms with E-state index >= 15 is 0 Å². The maximum Gasteiger partial charge on any atom is 0.323 e. The number of ether oxygens (including phenoxy) is 3. The van der Waals surface area contributed by atoms with Gasteiger partial charge in [-0.3, -0.25) is 10.1 Å². The van der Waals surface area contributed by atoms with Crippen molar-refractivity contribution in [2.24, 2.45) is 0 Å². The summed E-state index contributed by atoms with van der Waals surface area (Å²) in [4.78, 5) is 11.1. The molecule has 0 fully saturated rings. The number of rotatable bonds is 11. The molecule has 0 aromatic heterocycles. The van der Waals surface area contributed by atoms with Crippen molar-refractivity contribution in [1.29, 1.82) is 0 Å². The van der Waals surface area contributed by atoms with Crippen LogP contribution in [0.1, 0.15) is 13.3 Å². The average molecular weight is 249 g/mol. The molecule has 0 saturated heterocycles. The molecule has 6 nitrogen and oxygen atoms in total. The second-order valence-electron chi connectivity index (χ2n) is 3.91. The Labute approximate surface area is 102 Å². The number of carboxylic acids is 1. The first-order chi connectivity index (χ1) is 8.06. The zero-order valence-corrected chi connectivity index (χ0v) is 10.8. The lowest BCUT2D eigenvalue weighted by Gasteiger charge is -2.26. The summed E-state index contributed by atoms with van der Waals surface area (Å²) in [5, 5.41) is 12.1. The lowest BCUT2D eigenvalue weighted by atomic mass is 9.98. The monoisotopic (exact) mass is 249 g/mol. The summed E-state index contributed by atoms with van der Waals surface area (Å²) in [6.07, 6.45) is 0.414. The lowest BCUT2D eigenvalue weighted by Crippen LogP contribution is -2.51. The van der Waals surface area contributed by atoms with Crippen LogP contribution < -0.4 is 5.32 Å². The number of methoxy groups -OCH3 is 2. The number of hydrogen-bond acceptors (Lipinski definition) is 5. The Kier molecular flexibility index (Phi) is 8.97. The van der Waals surface area contributed by atoms with E-state index in [4.69, 9.17) is 19.3 Å². The second kappa shape index (κ2) is 9.35. The molecule has 0 saturated carbocycles. The smallest absolute Gasteiger partial charge is 0.323 e. The number of aliphatic carboxylic acids is 1. The molecule has 0 aliphatic rings. The number of hydrogen-bond donors (Lipinski definition) is 2. The number of carboxylic acid groups (broad SMARTS) is 1. The molecule has 17 heavy (non-hydrogen) atoms. The van der Waals surface area contributed by atoms with Crippen LogP contribution in [0.25, 0.3) is 0 Å². The van der Waals surface area contributed by atoms with Crippen LogP contribution in [0.4, 0.5) is 0 Å². The molecule has 0 radical (unpaired) electrons. The third-order valence-corrected chi connectivity index (χ3v) is 2.47. The first-order valence-corrected chi connectivity index (χ1v) is 5.61. The van der Waals surface area contributed by atoms with Gasteiger partial charge in [-0.1, -0.05) is 0 Å². The van der Waals surface area contributed by atoms with Crippen molar-refractivity contribution in [3.63, 3.8) is 0 Å². The van der Waals surface area contributed by atoms with E-state index in [0.717, 1.165) is 0 Å². The molecular formula is C11H23NO5. The van der Waals surface area contributed by atoms with Gasteiger partial charge >= 0.3 is 5.97 Å². The van der Waals surface area contributed by atoms with Crippen LogP contribution in [0.3, 0.4) is 0 Å².